The van der Waals surface area contributed by atoms with E-state index in [0.29, 0.717) is 13.0 Å². The predicted octanol–water partition coefficient (Wildman–Crippen LogP) is 0.604. The molecule has 0 aromatic carbocycles. The lowest BCUT2D eigenvalue weighted by atomic mass is 10.3. The Balaban J connectivity index is 2.49. The van der Waals surface area contributed by atoms with Gasteiger partial charge in [0, 0.05) is 24.8 Å². The van der Waals surface area contributed by atoms with Crippen LogP contribution in [0.5, 0.6) is 0 Å². The molecule has 0 aliphatic carbocycles. The van der Waals surface area contributed by atoms with Gasteiger partial charge in [0.05, 0.1) is 5.25 Å². The summed E-state index contributed by atoms with van der Waals surface area (Å²) in [5.74, 6) is 0.653. The van der Waals surface area contributed by atoms with Crippen LogP contribution in [0.4, 0.5) is 0 Å². The SMILES string of the molecule is CCCN1C(=O)CC(SCC(C)N)C1=O. The molecular weight excluding hydrogens is 212 g/mol. The van der Waals surface area contributed by atoms with Gasteiger partial charge in [-0.3, -0.25) is 14.5 Å². The number of hydrogen-bond donors (Lipinski definition) is 1. The number of amides is 2. The fraction of sp³-hybridized carbons (Fsp3) is 0.800. The van der Waals surface area contributed by atoms with Crippen LogP contribution in [0.25, 0.3) is 0 Å². The van der Waals surface area contributed by atoms with Crippen molar-refractivity contribution >= 4 is 23.6 Å². The molecule has 1 heterocycles. The molecule has 1 rings (SSSR count). The summed E-state index contributed by atoms with van der Waals surface area (Å²) in [5.41, 5.74) is 5.61. The van der Waals surface area contributed by atoms with Gasteiger partial charge in [-0.15, -0.1) is 11.8 Å². The molecule has 0 spiro atoms. The molecule has 0 saturated carbocycles. The highest BCUT2D eigenvalue weighted by Gasteiger charge is 2.37. The summed E-state index contributed by atoms with van der Waals surface area (Å²) in [5, 5.41) is -0.199. The summed E-state index contributed by atoms with van der Waals surface area (Å²) in [6, 6.07) is 0.0677. The monoisotopic (exact) mass is 230 g/mol. The van der Waals surface area contributed by atoms with Crippen molar-refractivity contribution in [2.24, 2.45) is 5.73 Å². The normalized spacial score (nSPS) is 23.7. The second-order valence-electron chi connectivity index (χ2n) is 3.89. The maximum absolute atomic E-state index is 11.8. The molecule has 0 aromatic heterocycles. The van der Waals surface area contributed by atoms with Gasteiger partial charge >= 0.3 is 0 Å². The van der Waals surface area contributed by atoms with Gasteiger partial charge in [0.15, 0.2) is 0 Å². The maximum Gasteiger partial charge on any atom is 0.242 e. The van der Waals surface area contributed by atoms with Crippen molar-refractivity contribution in [1.82, 2.24) is 4.90 Å². The lowest BCUT2D eigenvalue weighted by Gasteiger charge is -2.13. The van der Waals surface area contributed by atoms with E-state index in [1.54, 1.807) is 0 Å². The Morgan fingerprint density at radius 3 is 2.80 bits per heavy atom. The number of nitrogens with zero attached hydrogens (tertiary/aromatic N) is 1. The minimum atomic E-state index is -0.199. The van der Waals surface area contributed by atoms with Crippen LogP contribution < -0.4 is 5.73 Å². The number of nitrogens with two attached hydrogens (primary N) is 1. The van der Waals surface area contributed by atoms with Gasteiger partial charge < -0.3 is 5.73 Å². The first-order valence-electron chi connectivity index (χ1n) is 5.27. The summed E-state index contributed by atoms with van der Waals surface area (Å²) in [7, 11) is 0. The molecule has 2 N–H and O–H groups in total. The first-order valence-corrected chi connectivity index (χ1v) is 6.32. The number of likely N-dealkylation sites (tertiary alicyclic amines) is 1. The summed E-state index contributed by atoms with van der Waals surface area (Å²) in [6.45, 7) is 4.41. The molecule has 1 aliphatic rings. The van der Waals surface area contributed by atoms with Gasteiger partial charge in [0.25, 0.3) is 0 Å². The van der Waals surface area contributed by atoms with Gasteiger partial charge in [0.1, 0.15) is 0 Å². The first-order chi connectivity index (χ1) is 7.06. The summed E-state index contributed by atoms with van der Waals surface area (Å²) < 4.78 is 0. The fourth-order valence-corrected chi connectivity index (χ4v) is 2.58. The highest BCUT2D eigenvalue weighted by atomic mass is 32.2. The van der Waals surface area contributed by atoms with Crippen molar-refractivity contribution in [3.8, 4) is 0 Å². The van der Waals surface area contributed by atoms with Gasteiger partial charge in [-0.25, -0.2) is 0 Å². The van der Waals surface area contributed by atoms with Gasteiger partial charge in [0.2, 0.25) is 11.8 Å². The highest BCUT2D eigenvalue weighted by molar-refractivity contribution is 8.00. The first kappa shape index (κ1) is 12.5. The predicted molar refractivity (Wildman–Crippen MR) is 61.5 cm³/mol. The number of hydrogen-bond acceptors (Lipinski definition) is 4. The summed E-state index contributed by atoms with van der Waals surface area (Å²) in [4.78, 5) is 24.6. The van der Waals surface area contributed by atoms with Crippen LogP contribution in [0.1, 0.15) is 26.7 Å². The Bertz CT molecular complexity index is 256. The van der Waals surface area contributed by atoms with E-state index in [0.717, 1.165) is 12.2 Å². The van der Waals surface area contributed by atoms with Crippen LogP contribution in [-0.2, 0) is 9.59 Å². The molecule has 2 atom stereocenters. The van der Waals surface area contributed by atoms with Gasteiger partial charge in [-0.1, -0.05) is 6.92 Å². The van der Waals surface area contributed by atoms with E-state index < -0.39 is 0 Å². The minimum absolute atomic E-state index is 0.0347. The van der Waals surface area contributed by atoms with Crippen LogP contribution in [0.3, 0.4) is 0 Å². The molecule has 1 fully saturated rings. The Hall–Kier alpha value is -0.550. The van der Waals surface area contributed by atoms with Crippen LogP contribution in [0.15, 0.2) is 0 Å². The molecule has 5 heteroatoms. The van der Waals surface area contributed by atoms with E-state index in [1.165, 1.54) is 16.7 Å². The molecule has 15 heavy (non-hydrogen) atoms. The standard InChI is InChI=1S/C10H18N2O2S/c1-3-4-12-9(13)5-8(10(12)14)15-6-7(2)11/h7-8H,3-6,11H2,1-2H3. The zero-order valence-electron chi connectivity index (χ0n) is 9.23. The second kappa shape index (κ2) is 5.51. The molecule has 86 valence electrons. The van der Waals surface area contributed by atoms with E-state index >= 15 is 0 Å². The zero-order chi connectivity index (χ0) is 11.4. The Labute approximate surface area is 94.6 Å². The average molecular weight is 230 g/mol. The van der Waals surface area contributed by atoms with Crippen molar-refractivity contribution in [3.05, 3.63) is 0 Å². The second-order valence-corrected chi connectivity index (χ2v) is 5.12. The molecule has 2 unspecified atom stereocenters. The molecule has 0 bridgehead atoms. The largest absolute Gasteiger partial charge is 0.327 e. The summed E-state index contributed by atoms with van der Waals surface area (Å²) in [6.07, 6.45) is 1.17. The third-order valence-electron chi connectivity index (χ3n) is 2.21. The van der Waals surface area contributed by atoms with E-state index in [4.69, 9.17) is 5.73 Å². The number of imide groups is 1. The van der Waals surface area contributed by atoms with E-state index in [2.05, 4.69) is 0 Å². The van der Waals surface area contributed by atoms with Crippen LogP contribution in [0.2, 0.25) is 0 Å². The lowest BCUT2D eigenvalue weighted by Crippen LogP contribution is -2.32. The van der Waals surface area contributed by atoms with Crippen LogP contribution >= 0.6 is 11.8 Å². The number of carbonyl (C=O) groups is 2. The lowest BCUT2D eigenvalue weighted by molar-refractivity contribution is -0.138. The van der Waals surface area contributed by atoms with Crippen LogP contribution in [0, 0.1) is 0 Å². The van der Waals surface area contributed by atoms with Crippen molar-refractivity contribution in [2.75, 3.05) is 12.3 Å². The number of carbonyl (C=O) groups excluding carboxylic acids is 2. The smallest absolute Gasteiger partial charge is 0.242 e. The van der Waals surface area contributed by atoms with Crippen molar-refractivity contribution in [1.29, 1.82) is 0 Å². The van der Waals surface area contributed by atoms with Crippen molar-refractivity contribution in [2.45, 2.75) is 38.0 Å². The van der Waals surface area contributed by atoms with Gasteiger partial charge in [-0.05, 0) is 13.3 Å². The summed E-state index contributed by atoms with van der Waals surface area (Å²) >= 11 is 1.50. The van der Waals surface area contributed by atoms with E-state index in [1.807, 2.05) is 13.8 Å². The van der Waals surface area contributed by atoms with Gasteiger partial charge in [-0.2, -0.15) is 0 Å². The molecule has 1 aliphatic heterocycles. The molecular formula is C10H18N2O2S. The number of rotatable bonds is 5. The minimum Gasteiger partial charge on any atom is -0.327 e. The Kier molecular flexibility index (Phi) is 4.60. The molecule has 1 saturated heterocycles. The van der Waals surface area contributed by atoms with Crippen LogP contribution in [-0.4, -0.2) is 40.3 Å². The molecule has 0 radical (unpaired) electrons. The van der Waals surface area contributed by atoms with E-state index in [-0.39, 0.29) is 23.1 Å². The average Bonchev–Trinajstić information content (AvgIpc) is 2.43. The zero-order valence-corrected chi connectivity index (χ0v) is 10.0. The maximum atomic E-state index is 11.8. The Morgan fingerprint density at radius 1 is 1.60 bits per heavy atom. The van der Waals surface area contributed by atoms with E-state index in [9.17, 15) is 9.59 Å². The molecule has 0 aromatic rings. The number of thioether (sulfide) groups is 1. The van der Waals surface area contributed by atoms with Crippen molar-refractivity contribution in [3.63, 3.8) is 0 Å². The Morgan fingerprint density at radius 2 is 2.27 bits per heavy atom. The third-order valence-corrected chi connectivity index (χ3v) is 3.70. The highest BCUT2D eigenvalue weighted by Crippen LogP contribution is 2.25. The fourth-order valence-electron chi connectivity index (χ4n) is 1.51. The van der Waals surface area contributed by atoms with Crippen molar-refractivity contribution < 1.29 is 9.59 Å². The topological polar surface area (TPSA) is 63.4 Å². The quantitative estimate of drug-likeness (QED) is 0.703. The third kappa shape index (κ3) is 3.21. The molecule has 2 amide bonds. The molecule has 4 nitrogen and oxygen atoms in total.